The number of nitriles is 1. The average Bonchev–Trinajstić information content (AvgIpc) is 3.13. The predicted molar refractivity (Wildman–Crippen MR) is 101 cm³/mol. The maximum absolute atomic E-state index is 13.7. The Bertz CT molecular complexity index is 1160. The van der Waals surface area contributed by atoms with Gasteiger partial charge in [0.25, 0.3) is 0 Å². The third-order valence-electron chi connectivity index (χ3n) is 4.39. The molecule has 1 heterocycles. The highest BCUT2D eigenvalue weighted by Gasteiger charge is 2.18. The molecule has 0 atom stereocenters. The monoisotopic (exact) mass is 372 g/mol. The van der Waals surface area contributed by atoms with Gasteiger partial charge in [-0.3, -0.25) is 0 Å². The van der Waals surface area contributed by atoms with E-state index < -0.39 is 5.82 Å². The van der Waals surface area contributed by atoms with Gasteiger partial charge in [-0.15, -0.1) is 5.10 Å². The summed E-state index contributed by atoms with van der Waals surface area (Å²) in [5.41, 5.74) is 3.41. The molecule has 1 aromatic heterocycles. The first-order valence-electron chi connectivity index (χ1n) is 8.59. The van der Waals surface area contributed by atoms with Crippen molar-refractivity contribution in [2.45, 2.75) is 6.54 Å². The minimum atomic E-state index is -0.591. The molecule has 4 rings (SSSR count). The van der Waals surface area contributed by atoms with Gasteiger partial charge < -0.3 is 0 Å². The van der Waals surface area contributed by atoms with E-state index in [1.165, 1.54) is 24.3 Å². The lowest BCUT2D eigenvalue weighted by molar-refractivity contribution is 0.624. The van der Waals surface area contributed by atoms with Crippen molar-refractivity contribution in [1.29, 1.82) is 5.26 Å². The van der Waals surface area contributed by atoms with Gasteiger partial charge in [0.15, 0.2) is 0 Å². The van der Waals surface area contributed by atoms with E-state index in [0.717, 1.165) is 11.1 Å². The second kappa shape index (κ2) is 7.41. The average molecular weight is 372 g/mol. The zero-order valence-corrected chi connectivity index (χ0v) is 14.7. The zero-order valence-electron chi connectivity index (χ0n) is 14.7. The molecule has 0 saturated carbocycles. The first-order chi connectivity index (χ1) is 13.7. The van der Waals surface area contributed by atoms with Gasteiger partial charge in [-0.25, -0.2) is 13.5 Å². The Morgan fingerprint density at radius 2 is 1.61 bits per heavy atom. The van der Waals surface area contributed by atoms with Crippen LogP contribution in [-0.2, 0) is 6.54 Å². The van der Waals surface area contributed by atoms with E-state index >= 15 is 0 Å². The third-order valence-corrected chi connectivity index (χ3v) is 4.39. The quantitative estimate of drug-likeness (QED) is 0.517. The maximum atomic E-state index is 13.7. The molecule has 136 valence electrons. The fraction of sp³-hybridized carbons (Fsp3) is 0.0455. The molecule has 0 aliphatic carbocycles. The molecule has 4 nitrogen and oxygen atoms in total. The molecule has 6 heteroatoms. The highest BCUT2D eigenvalue weighted by Crippen LogP contribution is 2.31. The highest BCUT2D eigenvalue weighted by atomic mass is 19.1. The number of benzene rings is 3. The summed E-state index contributed by atoms with van der Waals surface area (Å²) in [6.07, 6.45) is 0. The Labute approximate surface area is 160 Å². The molecule has 0 aliphatic heterocycles. The van der Waals surface area contributed by atoms with Crippen LogP contribution in [0, 0.1) is 23.0 Å². The first-order valence-corrected chi connectivity index (χ1v) is 8.59. The molecule has 0 bridgehead atoms. The van der Waals surface area contributed by atoms with Crippen LogP contribution in [0.4, 0.5) is 8.78 Å². The largest absolute Gasteiger partial charge is 0.240 e. The lowest BCUT2D eigenvalue weighted by Crippen LogP contribution is -2.04. The van der Waals surface area contributed by atoms with Crippen LogP contribution in [-0.4, -0.2) is 15.0 Å². The number of hydrogen-bond acceptors (Lipinski definition) is 3. The van der Waals surface area contributed by atoms with E-state index in [0.29, 0.717) is 23.5 Å². The van der Waals surface area contributed by atoms with E-state index in [9.17, 15) is 8.78 Å². The van der Waals surface area contributed by atoms with E-state index in [-0.39, 0.29) is 11.4 Å². The van der Waals surface area contributed by atoms with Crippen molar-refractivity contribution in [2.75, 3.05) is 0 Å². The lowest BCUT2D eigenvalue weighted by atomic mass is 10.0. The molecule has 28 heavy (non-hydrogen) atoms. The fourth-order valence-electron chi connectivity index (χ4n) is 3.03. The number of aromatic nitrogens is 3. The van der Waals surface area contributed by atoms with Gasteiger partial charge in [-0.05, 0) is 48.0 Å². The summed E-state index contributed by atoms with van der Waals surface area (Å²) in [5, 5.41) is 17.7. The van der Waals surface area contributed by atoms with E-state index in [1.807, 2.05) is 36.4 Å². The van der Waals surface area contributed by atoms with E-state index in [4.69, 9.17) is 5.26 Å². The highest BCUT2D eigenvalue weighted by molar-refractivity contribution is 5.78. The summed E-state index contributed by atoms with van der Waals surface area (Å²) in [5.74, 6) is -0.938. The van der Waals surface area contributed by atoms with E-state index in [1.54, 1.807) is 22.9 Å². The van der Waals surface area contributed by atoms with Crippen molar-refractivity contribution >= 4 is 0 Å². The first kappa shape index (κ1) is 17.6. The molecule has 0 unspecified atom stereocenters. The summed E-state index contributed by atoms with van der Waals surface area (Å²) in [4.78, 5) is 0. The van der Waals surface area contributed by atoms with Gasteiger partial charge in [0.1, 0.15) is 23.4 Å². The minimum Gasteiger partial charge on any atom is -0.240 e. The van der Waals surface area contributed by atoms with Crippen molar-refractivity contribution in [1.82, 2.24) is 15.0 Å². The van der Waals surface area contributed by atoms with Crippen LogP contribution in [0.5, 0.6) is 0 Å². The van der Waals surface area contributed by atoms with Gasteiger partial charge in [0.2, 0.25) is 0 Å². The summed E-state index contributed by atoms with van der Waals surface area (Å²) in [6, 6.07) is 21.8. The van der Waals surface area contributed by atoms with Gasteiger partial charge >= 0.3 is 0 Å². The maximum Gasteiger partial charge on any atom is 0.140 e. The molecule has 4 aromatic rings. The van der Waals surface area contributed by atoms with Crippen molar-refractivity contribution in [3.8, 4) is 28.6 Å². The van der Waals surface area contributed by atoms with Crippen LogP contribution in [0.15, 0.2) is 72.8 Å². The Balaban J connectivity index is 1.87. The summed E-state index contributed by atoms with van der Waals surface area (Å²) >= 11 is 0. The van der Waals surface area contributed by atoms with Gasteiger partial charge in [0, 0.05) is 11.1 Å². The standard InChI is InChI=1S/C22H14F2N4/c23-19-9-6-16(7-10-19)22-21(17-8-11-20(24)18(12-17)13-25)26-27-28(22)14-15-4-2-1-3-5-15/h1-12H,14H2. The van der Waals surface area contributed by atoms with E-state index in [2.05, 4.69) is 10.3 Å². The normalized spacial score (nSPS) is 10.6. The Hall–Kier alpha value is -3.85. The lowest BCUT2D eigenvalue weighted by Gasteiger charge is -2.09. The summed E-state index contributed by atoms with van der Waals surface area (Å²) in [7, 11) is 0. The van der Waals surface area contributed by atoms with Crippen LogP contribution >= 0.6 is 0 Å². The van der Waals surface area contributed by atoms with Crippen LogP contribution in [0.1, 0.15) is 11.1 Å². The van der Waals surface area contributed by atoms with Crippen molar-refractivity contribution in [3.63, 3.8) is 0 Å². The Morgan fingerprint density at radius 3 is 2.32 bits per heavy atom. The van der Waals surface area contributed by atoms with Crippen LogP contribution in [0.25, 0.3) is 22.5 Å². The predicted octanol–water partition coefficient (Wildman–Crippen LogP) is 4.81. The van der Waals surface area contributed by atoms with Crippen molar-refractivity contribution in [2.24, 2.45) is 0 Å². The smallest absolute Gasteiger partial charge is 0.140 e. The minimum absolute atomic E-state index is 0.0693. The van der Waals surface area contributed by atoms with Crippen LogP contribution in [0.2, 0.25) is 0 Å². The molecule has 0 N–H and O–H groups in total. The number of halogens is 2. The molecule has 0 fully saturated rings. The molecule has 0 radical (unpaired) electrons. The third kappa shape index (κ3) is 3.38. The molecule has 0 saturated heterocycles. The number of hydrogen-bond donors (Lipinski definition) is 0. The second-order valence-corrected chi connectivity index (χ2v) is 6.24. The van der Waals surface area contributed by atoms with Crippen molar-refractivity contribution < 1.29 is 8.78 Å². The Kier molecular flexibility index (Phi) is 4.65. The van der Waals surface area contributed by atoms with Crippen LogP contribution in [0.3, 0.4) is 0 Å². The molecule has 0 amide bonds. The summed E-state index contributed by atoms with van der Waals surface area (Å²) in [6.45, 7) is 0.465. The Morgan fingerprint density at radius 1 is 0.893 bits per heavy atom. The molecular weight excluding hydrogens is 358 g/mol. The second-order valence-electron chi connectivity index (χ2n) is 6.24. The van der Waals surface area contributed by atoms with Gasteiger partial charge in [-0.1, -0.05) is 35.5 Å². The molecular formula is C22H14F2N4. The molecule has 3 aromatic carbocycles. The zero-order chi connectivity index (χ0) is 19.5. The molecule has 0 spiro atoms. The van der Waals surface area contributed by atoms with Crippen molar-refractivity contribution in [3.05, 3.63) is 95.6 Å². The van der Waals surface area contributed by atoms with Gasteiger partial charge in [0.05, 0.1) is 17.8 Å². The number of rotatable bonds is 4. The SMILES string of the molecule is N#Cc1cc(-c2nnn(Cc3ccccc3)c2-c2ccc(F)cc2)ccc1F. The fourth-order valence-corrected chi connectivity index (χ4v) is 3.03. The van der Waals surface area contributed by atoms with Gasteiger partial charge in [-0.2, -0.15) is 5.26 Å². The summed E-state index contributed by atoms with van der Waals surface area (Å²) < 4.78 is 28.9. The van der Waals surface area contributed by atoms with Crippen LogP contribution < -0.4 is 0 Å². The topological polar surface area (TPSA) is 54.5 Å². The number of nitrogens with zero attached hydrogens (tertiary/aromatic N) is 4. The molecule has 0 aliphatic rings.